The number of thiazole rings is 1. The molecule has 0 unspecified atom stereocenters. The second-order valence-corrected chi connectivity index (χ2v) is 12.8. The Labute approximate surface area is 253 Å². The molecule has 0 fully saturated rings. The van der Waals surface area contributed by atoms with Crippen LogP contribution in [-0.4, -0.2) is 17.4 Å². The lowest BCUT2D eigenvalue weighted by Crippen LogP contribution is -2.13. The van der Waals surface area contributed by atoms with Crippen molar-refractivity contribution in [2.24, 2.45) is 0 Å². The zero-order valence-electron chi connectivity index (χ0n) is 26.1. The van der Waals surface area contributed by atoms with E-state index in [4.69, 9.17) is 0 Å². The Bertz CT molecular complexity index is 1150. The van der Waals surface area contributed by atoms with E-state index in [1.165, 1.54) is 112 Å². The summed E-state index contributed by atoms with van der Waals surface area (Å²) >= 11 is 1.45. The largest absolute Gasteiger partial charge is 0.361 e. The molecule has 1 amide bonds. The molecule has 41 heavy (non-hydrogen) atoms. The molecule has 2 aromatic carbocycles. The van der Waals surface area contributed by atoms with Crippen molar-refractivity contribution >= 4 is 28.1 Å². The Kier molecular flexibility index (Phi) is 15.0. The van der Waals surface area contributed by atoms with Crippen molar-refractivity contribution in [1.82, 2.24) is 4.98 Å². The summed E-state index contributed by atoms with van der Waals surface area (Å²) in [6, 6.07) is 15.1. The van der Waals surface area contributed by atoms with Crippen LogP contribution in [0.2, 0.25) is 0 Å². The van der Waals surface area contributed by atoms with Gasteiger partial charge in [0.1, 0.15) is 4.88 Å². The Morgan fingerprint density at radius 1 is 0.707 bits per heavy atom. The van der Waals surface area contributed by atoms with Crippen LogP contribution in [0.15, 0.2) is 42.5 Å². The minimum atomic E-state index is -0.0716. The van der Waals surface area contributed by atoms with Gasteiger partial charge < -0.3 is 10.6 Å². The molecule has 3 rings (SSSR count). The van der Waals surface area contributed by atoms with E-state index in [0.717, 1.165) is 40.6 Å². The molecule has 0 aliphatic rings. The van der Waals surface area contributed by atoms with Gasteiger partial charge in [0.15, 0.2) is 5.13 Å². The second-order valence-electron chi connectivity index (χ2n) is 11.8. The molecular weight excluding hydrogens is 522 g/mol. The van der Waals surface area contributed by atoms with Gasteiger partial charge in [-0.15, -0.1) is 0 Å². The lowest BCUT2D eigenvalue weighted by Gasteiger charge is -2.12. The molecule has 0 saturated carbocycles. The maximum atomic E-state index is 12.9. The third-order valence-electron chi connectivity index (χ3n) is 7.93. The fourth-order valence-electron chi connectivity index (χ4n) is 5.65. The Balaban J connectivity index is 1.14. The third kappa shape index (κ3) is 12.4. The predicted molar refractivity (Wildman–Crippen MR) is 179 cm³/mol. The Hall–Kier alpha value is -2.66. The first-order valence-corrected chi connectivity index (χ1v) is 16.9. The van der Waals surface area contributed by atoms with Crippen molar-refractivity contribution in [2.75, 3.05) is 17.2 Å². The van der Waals surface area contributed by atoms with Crippen LogP contribution in [0.3, 0.4) is 0 Å². The van der Waals surface area contributed by atoms with E-state index in [9.17, 15) is 4.79 Å². The molecule has 4 nitrogen and oxygen atoms in total. The smallest absolute Gasteiger partial charge is 0.267 e. The Morgan fingerprint density at radius 2 is 1.22 bits per heavy atom. The quantitative estimate of drug-likeness (QED) is 0.132. The monoisotopic (exact) mass is 575 g/mol. The Morgan fingerprint density at radius 3 is 1.78 bits per heavy atom. The van der Waals surface area contributed by atoms with Crippen LogP contribution in [0.5, 0.6) is 0 Å². The van der Waals surface area contributed by atoms with Gasteiger partial charge >= 0.3 is 0 Å². The van der Waals surface area contributed by atoms with Gasteiger partial charge in [-0.3, -0.25) is 4.79 Å². The molecule has 0 radical (unpaired) electrons. The van der Waals surface area contributed by atoms with Gasteiger partial charge in [0, 0.05) is 12.2 Å². The van der Waals surface area contributed by atoms with Crippen LogP contribution in [0.1, 0.15) is 128 Å². The number of unbranched alkanes of at least 4 members (excludes halogenated alkanes) is 13. The van der Waals surface area contributed by atoms with Crippen LogP contribution < -0.4 is 10.6 Å². The highest BCUT2D eigenvalue weighted by molar-refractivity contribution is 7.17. The van der Waals surface area contributed by atoms with E-state index in [1.807, 2.05) is 20.8 Å². The van der Waals surface area contributed by atoms with Crippen molar-refractivity contribution in [3.05, 3.63) is 75.3 Å². The van der Waals surface area contributed by atoms with Crippen molar-refractivity contribution in [2.45, 2.75) is 124 Å². The number of amides is 1. The topological polar surface area (TPSA) is 54.0 Å². The average Bonchev–Trinajstić information content (AvgIpc) is 3.33. The van der Waals surface area contributed by atoms with Gasteiger partial charge in [0.05, 0.1) is 5.69 Å². The van der Waals surface area contributed by atoms with E-state index >= 15 is 0 Å². The lowest BCUT2D eigenvalue weighted by atomic mass is 10.0. The second kappa shape index (κ2) is 18.7. The zero-order valence-corrected chi connectivity index (χ0v) is 26.9. The fraction of sp³-hybridized carbons (Fsp3) is 0.556. The number of benzene rings is 2. The first-order valence-electron chi connectivity index (χ1n) is 16.1. The number of hydrogen-bond donors (Lipinski definition) is 2. The third-order valence-corrected chi connectivity index (χ3v) is 9.04. The van der Waals surface area contributed by atoms with E-state index in [-0.39, 0.29) is 5.91 Å². The fourth-order valence-corrected chi connectivity index (χ4v) is 6.53. The number of hydrogen-bond acceptors (Lipinski definition) is 4. The molecule has 1 heterocycles. The van der Waals surface area contributed by atoms with Crippen LogP contribution in [0.25, 0.3) is 0 Å². The van der Waals surface area contributed by atoms with Gasteiger partial charge in [-0.2, -0.15) is 0 Å². The van der Waals surface area contributed by atoms with Crippen LogP contribution in [0.4, 0.5) is 10.8 Å². The van der Waals surface area contributed by atoms with Gasteiger partial charge in [-0.05, 0) is 63.6 Å². The predicted octanol–water partition coefficient (Wildman–Crippen LogP) is 10.7. The number of aryl methyl sites for hydroxylation is 5. The van der Waals surface area contributed by atoms with Gasteiger partial charge in [-0.25, -0.2) is 4.98 Å². The lowest BCUT2D eigenvalue weighted by molar-refractivity contribution is 0.102. The summed E-state index contributed by atoms with van der Waals surface area (Å²) in [5, 5.41) is 7.39. The molecule has 0 aliphatic heterocycles. The molecule has 2 N–H and O–H groups in total. The van der Waals surface area contributed by atoms with E-state index in [1.54, 1.807) is 0 Å². The molecule has 0 aliphatic carbocycles. The molecule has 0 atom stereocenters. The first-order chi connectivity index (χ1) is 19.9. The molecule has 5 heteroatoms. The molecule has 224 valence electrons. The maximum Gasteiger partial charge on any atom is 0.267 e. The standard InChI is InChI=1S/C36H53N3OS/c1-28-26-29(2)33(30(3)27-28)39-35(40)34-31(4)38-36(41-34)37-25-21-16-14-12-10-8-6-5-7-9-11-13-15-18-22-32-23-19-17-20-24-32/h17,19-20,23-24,26-27H,5-16,18,21-22,25H2,1-4H3,(H,37,38)(H,39,40). The van der Waals surface area contributed by atoms with Crippen molar-refractivity contribution in [3.63, 3.8) is 0 Å². The van der Waals surface area contributed by atoms with Gasteiger partial charge in [0.25, 0.3) is 5.91 Å². The first kappa shape index (κ1) is 32.8. The number of rotatable bonds is 20. The summed E-state index contributed by atoms with van der Waals surface area (Å²) in [7, 11) is 0. The summed E-state index contributed by atoms with van der Waals surface area (Å²) in [4.78, 5) is 18.2. The van der Waals surface area contributed by atoms with E-state index in [2.05, 4.69) is 65.0 Å². The number of aromatic nitrogens is 1. The molecule has 0 saturated heterocycles. The van der Waals surface area contributed by atoms with E-state index in [0.29, 0.717) is 4.88 Å². The zero-order chi connectivity index (χ0) is 29.3. The SMILES string of the molecule is Cc1cc(C)c(NC(=O)c2sc(NCCCCCCCCCCCCCCCCc3ccccc3)nc2C)c(C)c1. The summed E-state index contributed by atoms with van der Waals surface area (Å²) in [5.74, 6) is -0.0716. The minimum absolute atomic E-state index is 0.0716. The number of nitrogens with one attached hydrogen (secondary N) is 2. The molecule has 0 bridgehead atoms. The van der Waals surface area contributed by atoms with Gasteiger partial charge in [-0.1, -0.05) is 136 Å². The molecular formula is C36H53N3OS. The normalized spacial score (nSPS) is 11.1. The summed E-state index contributed by atoms with van der Waals surface area (Å²) < 4.78 is 0. The van der Waals surface area contributed by atoms with Crippen molar-refractivity contribution in [1.29, 1.82) is 0 Å². The number of carbonyl (C=O) groups is 1. The average molecular weight is 576 g/mol. The van der Waals surface area contributed by atoms with Crippen molar-refractivity contribution < 1.29 is 4.79 Å². The highest BCUT2D eigenvalue weighted by atomic mass is 32.1. The summed E-state index contributed by atoms with van der Waals surface area (Å²) in [6.07, 6.45) is 20.2. The number of carbonyl (C=O) groups excluding carboxylic acids is 1. The van der Waals surface area contributed by atoms with Crippen LogP contribution in [-0.2, 0) is 6.42 Å². The van der Waals surface area contributed by atoms with Crippen LogP contribution >= 0.6 is 11.3 Å². The maximum absolute atomic E-state index is 12.9. The van der Waals surface area contributed by atoms with Crippen LogP contribution in [0, 0.1) is 27.7 Å². The number of anilines is 2. The van der Waals surface area contributed by atoms with E-state index < -0.39 is 0 Å². The van der Waals surface area contributed by atoms with Gasteiger partial charge in [0.2, 0.25) is 0 Å². The molecule has 3 aromatic rings. The minimum Gasteiger partial charge on any atom is -0.361 e. The molecule has 1 aromatic heterocycles. The number of nitrogens with zero attached hydrogens (tertiary/aromatic N) is 1. The summed E-state index contributed by atoms with van der Waals surface area (Å²) in [6.45, 7) is 8.99. The highest BCUT2D eigenvalue weighted by Crippen LogP contribution is 2.27. The molecule has 0 spiro atoms. The highest BCUT2D eigenvalue weighted by Gasteiger charge is 2.17. The van der Waals surface area contributed by atoms with Crippen molar-refractivity contribution in [3.8, 4) is 0 Å². The summed E-state index contributed by atoms with van der Waals surface area (Å²) in [5.41, 5.74) is 6.57.